The fourth-order valence-corrected chi connectivity index (χ4v) is 3.60. The fraction of sp³-hybridized carbons (Fsp3) is 0.323. The van der Waals surface area contributed by atoms with Crippen LogP contribution in [-0.4, -0.2) is 42.0 Å². The normalized spacial score (nSPS) is 15.3. The molecular formula is C31H43N5O2. The van der Waals surface area contributed by atoms with E-state index in [0.717, 1.165) is 31.5 Å². The lowest BCUT2D eigenvalue weighted by Gasteiger charge is -2.28. The first-order valence-electron chi connectivity index (χ1n) is 13.0. The monoisotopic (exact) mass is 517 g/mol. The summed E-state index contributed by atoms with van der Waals surface area (Å²) in [6, 6.07) is 16.7. The number of amides is 1. The van der Waals surface area contributed by atoms with E-state index >= 15 is 0 Å². The lowest BCUT2D eigenvalue weighted by Crippen LogP contribution is -2.38. The minimum absolute atomic E-state index is 0.0693. The first-order valence-corrected chi connectivity index (χ1v) is 13.0. The van der Waals surface area contributed by atoms with Crippen molar-refractivity contribution in [3.63, 3.8) is 0 Å². The van der Waals surface area contributed by atoms with E-state index in [1.807, 2.05) is 61.5 Å². The van der Waals surface area contributed by atoms with Crippen molar-refractivity contribution >= 4 is 18.0 Å². The molecule has 1 fully saturated rings. The molecule has 1 saturated heterocycles. The molecule has 0 spiro atoms. The smallest absolute Gasteiger partial charge is 0.209 e. The van der Waals surface area contributed by atoms with Crippen LogP contribution in [0.2, 0.25) is 0 Å². The Morgan fingerprint density at radius 2 is 1.74 bits per heavy atom. The Morgan fingerprint density at radius 1 is 1.16 bits per heavy atom. The van der Waals surface area contributed by atoms with E-state index in [-0.39, 0.29) is 11.8 Å². The Kier molecular flexibility index (Phi) is 15.2. The second-order valence-electron chi connectivity index (χ2n) is 8.71. The van der Waals surface area contributed by atoms with Gasteiger partial charge in [0, 0.05) is 24.4 Å². The Balaban J connectivity index is 0.00000110. The van der Waals surface area contributed by atoms with Gasteiger partial charge in [-0.15, -0.1) is 6.58 Å². The highest BCUT2D eigenvalue weighted by molar-refractivity contribution is 6.29. The summed E-state index contributed by atoms with van der Waals surface area (Å²) in [7, 11) is 0. The summed E-state index contributed by atoms with van der Waals surface area (Å²) in [5, 5.41) is 11.9. The van der Waals surface area contributed by atoms with Crippen LogP contribution in [0.4, 0.5) is 0 Å². The van der Waals surface area contributed by atoms with Crippen molar-refractivity contribution in [3.8, 4) is 11.5 Å². The third kappa shape index (κ3) is 10.9. The molecule has 0 saturated carbocycles. The molecule has 204 valence electrons. The number of ether oxygens (including phenoxy) is 1. The lowest BCUT2D eigenvalue weighted by atomic mass is 9.99. The number of nitrogens with one attached hydrogen (secondary N) is 2. The third-order valence-corrected chi connectivity index (χ3v) is 5.13. The van der Waals surface area contributed by atoms with Gasteiger partial charge in [-0.3, -0.25) is 15.2 Å². The minimum Gasteiger partial charge on any atom is -0.457 e. The molecule has 1 unspecified atom stereocenters. The van der Waals surface area contributed by atoms with Crippen molar-refractivity contribution < 1.29 is 9.53 Å². The third-order valence-electron chi connectivity index (χ3n) is 5.13. The molecule has 0 radical (unpaired) electrons. The van der Waals surface area contributed by atoms with Crippen LogP contribution >= 0.6 is 0 Å². The van der Waals surface area contributed by atoms with Gasteiger partial charge in [0.25, 0.3) is 0 Å². The predicted molar refractivity (Wildman–Crippen MR) is 160 cm³/mol. The van der Waals surface area contributed by atoms with E-state index < -0.39 is 0 Å². The van der Waals surface area contributed by atoms with Crippen LogP contribution in [0.15, 0.2) is 96.3 Å². The molecule has 2 aromatic carbocycles. The van der Waals surface area contributed by atoms with Crippen molar-refractivity contribution in [1.82, 2.24) is 10.2 Å². The van der Waals surface area contributed by atoms with Gasteiger partial charge in [-0.05, 0) is 69.3 Å². The number of amidine groups is 1. The van der Waals surface area contributed by atoms with E-state index in [4.69, 9.17) is 20.9 Å². The summed E-state index contributed by atoms with van der Waals surface area (Å²) in [4.78, 5) is 17.7. The quantitative estimate of drug-likeness (QED) is 0.162. The maximum Gasteiger partial charge on any atom is 0.209 e. The highest BCUT2D eigenvalue weighted by Crippen LogP contribution is 2.23. The number of carbonyl (C=O) groups excluding carboxylic acids is 1. The van der Waals surface area contributed by atoms with Gasteiger partial charge < -0.3 is 20.7 Å². The summed E-state index contributed by atoms with van der Waals surface area (Å²) in [6.07, 6.45) is 7.12. The number of rotatable bonds is 8. The highest BCUT2D eigenvalue weighted by Gasteiger charge is 2.22. The standard InChI is InChI=1S/C25H29N5O2.C3H8.C3H6/c1-3-28-25(29-20-8-7-15-30(16-20)17-31)23(18(2)26)24(27)19-11-13-22(14-12-19)32-21-9-5-4-6-10-21;2*1-3-2/h3-6,9-14,17,20,27H,1,7-8,15-16,26H2,2H3,(H,28,29);3H2,1-2H3;3H,1H2,2H3/b23-18+,27-24?;;. The number of benzene rings is 2. The summed E-state index contributed by atoms with van der Waals surface area (Å²) in [5.74, 6) is 1.90. The lowest BCUT2D eigenvalue weighted by molar-refractivity contribution is -0.119. The van der Waals surface area contributed by atoms with Gasteiger partial charge in [-0.25, -0.2) is 0 Å². The highest BCUT2D eigenvalue weighted by atomic mass is 16.5. The Bertz CT molecular complexity index is 1070. The summed E-state index contributed by atoms with van der Waals surface area (Å²) >= 11 is 0. The van der Waals surface area contributed by atoms with E-state index in [0.29, 0.717) is 35.0 Å². The number of nitrogens with zero attached hydrogens (tertiary/aromatic N) is 2. The number of hydrogen-bond donors (Lipinski definition) is 3. The van der Waals surface area contributed by atoms with Gasteiger partial charge in [-0.2, -0.15) is 0 Å². The SMILES string of the molecule is C=CC.C=CNC(=NC1CCCN(C=O)C1)/C(C(=N)c1ccc(Oc2ccccc2)cc1)=C(\C)N.CCC. The number of hydrogen-bond acceptors (Lipinski definition) is 5. The number of para-hydroxylation sites is 1. The zero-order valence-corrected chi connectivity index (χ0v) is 23.2. The van der Waals surface area contributed by atoms with Gasteiger partial charge in [-0.1, -0.05) is 51.1 Å². The van der Waals surface area contributed by atoms with E-state index in [1.54, 1.807) is 17.9 Å². The second-order valence-corrected chi connectivity index (χ2v) is 8.71. The molecule has 0 bridgehead atoms. The second kappa shape index (κ2) is 18.2. The number of nitrogens with two attached hydrogens (primary N) is 1. The van der Waals surface area contributed by atoms with Gasteiger partial charge >= 0.3 is 0 Å². The van der Waals surface area contributed by atoms with Gasteiger partial charge in [0.15, 0.2) is 0 Å². The van der Waals surface area contributed by atoms with Crippen LogP contribution in [0.1, 0.15) is 52.5 Å². The molecule has 7 nitrogen and oxygen atoms in total. The van der Waals surface area contributed by atoms with Crippen LogP contribution in [0.25, 0.3) is 0 Å². The topological polar surface area (TPSA) is 104 Å². The Labute approximate surface area is 228 Å². The first-order chi connectivity index (χ1) is 18.3. The first kappa shape index (κ1) is 31.9. The van der Waals surface area contributed by atoms with Crippen LogP contribution in [0, 0.1) is 5.41 Å². The number of carbonyl (C=O) groups is 1. The molecular weight excluding hydrogens is 474 g/mol. The van der Waals surface area contributed by atoms with Crippen LogP contribution in [-0.2, 0) is 4.79 Å². The largest absolute Gasteiger partial charge is 0.457 e. The molecule has 1 heterocycles. The average Bonchev–Trinajstić information content (AvgIpc) is 2.91. The van der Waals surface area contributed by atoms with Crippen molar-refractivity contribution in [2.45, 2.75) is 53.0 Å². The van der Waals surface area contributed by atoms with Crippen LogP contribution in [0.5, 0.6) is 11.5 Å². The maximum atomic E-state index is 11.2. The minimum atomic E-state index is -0.0693. The summed E-state index contributed by atoms with van der Waals surface area (Å²) in [6.45, 7) is 16.3. The van der Waals surface area contributed by atoms with Gasteiger partial charge in [0.05, 0.1) is 17.3 Å². The Morgan fingerprint density at radius 3 is 2.26 bits per heavy atom. The van der Waals surface area contributed by atoms with Gasteiger partial charge in [0.1, 0.15) is 17.3 Å². The number of piperidine rings is 1. The zero-order chi connectivity index (χ0) is 28.3. The molecule has 38 heavy (non-hydrogen) atoms. The molecule has 1 aliphatic rings. The molecule has 0 aliphatic carbocycles. The number of aliphatic imine (C=N–C) groups is 1. The van der Waals surface area contributed by atoms with Crippen LogP contribution < -0.4 is 15.8 Å². The average molecular weight is 518 g/mol. The fourth-order valence-electron chi connectivity index (χ4n) is 3.60. The van der Waals surface area contributed by atoms with Crippen LogP contribution in [0.3, 0.4) is 0 Å². The summed E-state index contributed by atoms with van der Waals surface area (Å²) in [5.41, 5.74) is 8.09. The van der Waals surface area contributed by atoms with Crippen molar-refractivity contribution in [2.24, 2.45) is 10.7 Å². The molecule has 0 aromatic heterocycles. The molecule has 1 aliphatic heterocycles. The van der Waals surface area contributed by atoms with E-state index in [1.165, 1.54) is 12.6 Å². The Hall–Kier alpha value is -4.13. The molecule has 1 atom stereocenters. The molecule has 7 heteroatoms. The van der Waals surface area contributed by atoms with Crippen molar-refractivity contribution in [3.05, 3.63) is 96.9 Å². The van der Waals surface area contributed by atoms with E-state index in [2.05, 4.69) is 32.3 Å². The predicted octanol–water partition coefficient (Wildman–Crippen LogP) is 6.44. The van der Waals surface area contributed by atoms with E-state index in [9.17, 15) is 4.79 Å². The number of allylic oxidation sites excluding steroid dienone is 2. The molecule has 3 rings (SSSR count). The van der Waals surface area contributed by atoms with Crippen molar-refractivity contribution in [1.29, 1.82) is 5.41 Å². The molecule has 1 amide bonds. The molecule has 4 N–H and O–H groups in total. The molecule has 2 aromatic rings. The maximum absolute atomic E-state index is 11.2. The summed E-state index contributed by atoms with van der Waals surface area (Å²) < 4.78 is 5.84. The zero-order valence-electron chi connectivity index (χ0n) is 23.2. The number of likely N-dealkylation sites (tertiary alicyclic amines) is 1. The van der Waals surface area contributed by atoms with Gasteiger partial charge in [0.2, 0.25) is 6.41 Å². The van der Waals surface area contributed by atoms with Crippen molar-refractivity contribution in [2.75, 3.05) is 13.1 Å².